The Labute approximate surface area is 226 Å². The number of halogens is 2. The quantitative estimate of drug-likeness (QED) is 0.271. The van der Waals surface area contributed by atoms with Crippen molar-refractivity contribution in [1.29, 1.82) is 0 Å². The number of aromatic hydroxyl groups is 1. The molecule has 1 fully saturated rings. The van der Waals surface area contributed by atoms with Crippen molar-refractivity contribution in [1.82, 2.24) is 10.3 Å². The number of nitrogens with zero attached hydrogens (tertiary/aromatic N) is 2. The van der Waals surface area contributed by atoms with Crippen LogP contribution in [-0.4, -0.2) is 53.5 Å². The molecule has 0 saturated carbocycles. The average molecular weight is 542 g/mol. The van der Waals surface area contributed by atoms with E-state index in [1.807, 2.05) is 49.4 Å². The normalized spacial score (nSPS) is 15.6. The highest BCUT2D eigenvalue weighted by Crippen LogP contribution is 2.33. The molecule has 4 rings (SSSR count). The molecule has 3 N–H and O–H groups in total. The van der Waals surface area contributed by atoms with Gasteiger partial charge in [0, 0.05) is 30.2 Å². The molecule has 0 spiro atoms. The number of aliphatic hydroxyl groups is 1. The number of carbonyl (C=O) groups excluding carboxylic acids is 1. The summed E-state index contributed by atoms with van der Waals surface area (Å²) in [6.45, 7) is 4.83. The summed E-state index contributed by atoms with van der Waals surface area (Å²) in [6, 6.07) is 17.3. The first-order valence-electron chi connectivity index (χ1n) is 12.0. The van der Waals surface area contributed by atoms with Gasteiger partial charge in [-0.15, -0.1) is 0 Å². The Balaban J connectivity index is 1.22. The number of amides is 1. The van der Waals surface area contributed by atoms with Gasteiger partial charge in [0.15, 0.2) is 0 Å². The minimum Gasteiger partial charge on any atom is -0.506 e. The molecule has 0 unspecified atom stereocenters. The fourth-order valence-electron chi connectivity index (χ4n) is 4.24. The number of hydrogen-bond donors (Lipinski definition) is 3. The van der Waals surface area contributed by atoms with E-state index in [1.165, 1.54) is 18.2 Å². The highest BCUT2D eigenvalue weighted by atomic mass is 35.5. The van der Waals surface area contributed by atoms with Gasteiger partial charge in [-0.2, -0.15) is 5.10 Å². The highest BCUT2D eigenvalue weighted by Gasteiger charge is 2.33. The van der Waals surface area contributed by atoms with E-state index in [2.05, 4.69) is 15.4 Å². The van der Waals surface area contributed by atoms with Crippen LogP contribution in [0, 0.1) is 6.92 Å². The Morgan fingerprint density at radius 3 is 2.51 bits per heavy atom. The van der Waals surface area contributed by atoms with Crippen LogP contribution in [0.15, 0.2) is 65.8 Å². The summed E-state index contributed by atoms with van der Waals surface area (Å²) in [5.74, 6) is 0.240. The van der Waals surface area contributed by atoms with Gasteiger partial charge in [0.05, 0.1) is 16.8 Å². The van der Waals surface area contributed by atoms with E-state index in [0.717, 1.165) is 42.1 Å². The number of phenols is 1. The van der Waals surface area contributed by atoms with Crippen LogP contribution in [0.25, 0.3) is 0 Å². The zero-order chi connectivity index (χ0) is 26.4. The van der Waals surface area contributed by atoms with Crippen LogP contribution in [0.2, 0.25) is 10.0 Å². The molecule has 0 bridgehead atoms. The molecule has 9 heteroatoms. The summed E-state index contributed by atoms with van der Waals surface area (Å²) in [7, 11) is 0. The van der Waals surface area contributed by atoms with Crippen molar-refractivity contribution in [2.24, 2.45) is 5.10 Å². The number of hydrogen-bond acceptors (Lipinski definition) is 6. The van der Waals surface area contributed by atoms with Crippen molar-refractivity contribution in [3.8, 4) is 11.5 Å². The molecule has 3 aromatic rings. The summed E-state index contributed by atoms with van der Waals surface area (Å²) in [4.78, 5) is 14.5. The summed E-state index contributed by atoms with van der Waals surface area (Å²) in [5, 5.41) is 25.3. The predicted molar refractivity (Wildman–Crippen MR) is 146 cm³/mol. The molecule has 194 valence electrons. The predicted octanol–water partition coefficient (Wildman–Crippen LogP) is 5.13. The van der Waals surface area contributed by atoms with Crippen LogP contribution in [0.4, 0.5) is 0 Å². The molecule has 1 aliphatic rings. The summed E-state index contributed by atoms with van der Waals surface area (Å²) >= 11 is 11.8. The highest BCUT2D eigenvalue weighted by molar-refractivity contribution is 6.32. The van der Waals surface area contributed by atoms with Gasteiger partial charge in [0.1, 0.15) is 18.1 Å². The summed E-state index contributed by atoms with van der Waals surface area (Å²) < 4.78 is 5.95. The second kappa shape index (κ2) is 12.0. The van der Waals surface area contributed by atoms with E-state index < -0.39 is 11.5 Å². The number of aryl methyl sites for hydroxylation is 1. The maximum absolute atomic E-state index is 12.2. The molecular weight excluding hydrogens is 513 g/mol. The van der Waals surface area contributed by atoms with E-state index in [-0.39, 0.29) is 10.8 Å². The lowest BCUT2D eigenvalue weighted by Gasteiger charge is -2.38. The number of phenolic OH excluding ortho intramolecular Hbond substituents is 1. The first-order valence-corrected chi connectivity index (χ1v) is 12.8. The fraction of sp³-hybridized carbons (Fsp3) is 0.286. The van der Waals surface area contributed by atoms with Gasteiger partial charge in [-0.25, -0.2) is 5.43 Å². The van der Waals surface area contributed by atoms with Crippen LogP contribution in [0.1, 0.15) is 39.9 Å². The maximum atomic E-state index is 12.2. The Morgan fingerprint density at radius 2 is 1.84 bits per heavy atom. The molecule has 3 aromatic carbocycles. The maximum Gasteiger partial charge on any atom is 0.271 e. The first-order chi connectivity index (χ1) is 17.7. The van der Waals surface area contributed by atoms with Gasteiger partial charge in [0.25, 0.3) is 5.91 Å². The lowest BCUT2D eigenvalue weighted by molar-refractivity contribution is -0.0278. The van der Waals surface area contributed by atoms with E-state index in [4.69, 9.17) is 27.9 Å². The van der Waals surface area contributed by atoms with Crippen molar-refractivity contribution in [3.05, 3.63) is 93.0 Å². The molecule has 0 aromatic heterocycles. The van der Waals surface area contributed by atoms with E-state index in [9.17, 15) is 15.0 Å². The third-order valence-corrected chi connectivity index (χ3v) is 7.12. The molecule has 1 aliphatic heterocycles. The van der Waals surface area contributed by atoms with Gasteiger partial charge in [0.2, 0.25) is 0 Å². The SMILES string of the molecule is Cc1cc(OCCN2CCC(O)(c3ccc(Cl)cc3)CC2)ccc1/C=N\NC(=O)c1ccc(O)c(Cl)c1. The van der Waals surface area contributed by atoms with Crippen LogP contribution < -0.4 is 10.2 Å². The first kappa shape index (κ1) is 26.9. The Hall–Kier alpha value is -3.10. The van der Waals surface area contributed by atoms with E-state index in [1.54, 1.807) is 6.21 Å². The Morgan fingerprint density at radius 1 is 1.11 bits per heavy atom. The van der Waals surface area contributed by atoms with Crippen LogP contribution in [-0.2, 0) is 5.60 Å². The summed E-state index contributed by atoms with van der Waals surface area (Å²) in [5.41, 5.74) is 4.65. The molecule has 1 saturated heterocycles. The van der Waals surface area contributed by atoms with E-state index in [0.29, 0.717) is 30.0 Å². The minimum atomic E-state index is -0.812. The van der Waals surface area contributed by atoms with Crippen LogP contribution >= 0.6 is 23.2 Å². The lowest BCUT2D eigenvalue weighted by atomic mass is 9.84. The Kier molecular flexibility index (Phi) is 8.71. The van der Waals surface area contributed by atoms with E-state index >= 15 is 0 Å². The Bertz CT molecular complexity index is 1270. The number of piperidine rings is 1. The topological polar surface area (TPSA) is 94.4 Å². The second-order valence-electron chi connectivity index (χ2n) is 9.11. The number of benzene rings is 3. The molecule has 0 aliphatic carbocycles. The minimum absolute atomic E-state index is 0.0862. The zero-order valence-corrected chi connectivity index (χ0v) is 22.0. The smallest absolute Gasteiger partial charge is 0.271 e. The van der Waals surface area contributed by atoms with Gasteiger partial charge in [-0.3, -0.25) is 9.69 Å². The van der Waals surface area contributed by atoms with Gasteiger partial charge in [-0.1, -0.05) is 35.3 Å². The van der Waals surface area contributed by atoms with Crippen LogP contribution in [0.3, 0.4) is 0 Å². The van der Waals surface area contributed by atoms with Gasteiger partial charge in [-0.05, 0) is 85.0 Å². The largest absolute Gasteiger partial charge is 0.506 e. The third-order valence-electron chi connectivity index (χ3n) is 6.56. The molecule has 7 nitrogen and oxygen atoms in total. The van der Waals surface area contributed by atoms with Gasteiger partial charge < -0.3 is 14.9 Å². The van der Waals surface area contributed by atoms with Crippen molar-refractivity contribution < 1.29 is 19.7 Å². The third kappa shape index (κ3) is 7.02. The monoisotopic (exact) mass is 541 g/mol. The number of rotatable bonds is 8. The molecule has 1 amide bonds. The average Bonchev–Trinajstić information content (AvgIpc) is 2.88. The molecule has 0 atom stereocenters. The number of nitrogens with one attached hydrogen (secondary N) is 1. The van der Waals surface area contributed by atoms with Crippen molar-refractivity contribution in [2.45, 2.75) is 25.4 Å². The molecule has 0 radical (unpaired) electrons. The van der Waals surface area contributed by atoms with Crippen molar-refractivity contribution in [3.63, 3.8) is 0 Å². The molecular formula is C28H29Cl2N3O4. The number of likely N-dealkylation sites (tertiary alicyclic amines) is 1. The lowest BCUT2D eigenvalue weighted by Crippen LogP contribution is -2.43. The van der Waals surface area contributed by atoms with Gasteiger partial charge >= 0.3 is 0 Å². The van der Waals surface area contributed by atoms with Crippen molar-refractivity contribution in [2.75, 3.05) is 26.2 Å². The van der Waals surface area contributed by atoms with Crippen LogP contribution in [0.5, 0.6) is 11.5 Å². The summed E-state index contributed by atoms with van der Waals surface area (Å²) in [6.07, 6.45) is 2.89. The molecule has 37 heavy (non-hydrogen) atoms. The van der Waals surface area contributed by atoms with Crippen molar-refractivity contribution >= 4 is 35.3 Å². The number of ether oxygens (including phenoxy) is 1. The number of carbonyl (C=O) groups is 1. The zero-order valence-electron chi connectivity index (χ0n) is 20.5. The fourth-order valence-corrected chi connectivity index (χ4v) is 4.55. The second-order valence-corrected chi connectivity index (χ2v) is 9.96. The standard InChI is InChI=1S/C28H29Cl2N3O4/c1-19-16-24(8-2-21(19)18-31-32-27(35)20-3-9-26(34)25(30)17-20)37-15-14-33-12-10-28(36,11-13-33)22-4-6-23(29)7-5-22/h2-9,16-18,34,36H,10-15H2,1H3,(H,32,35)/b31-18-. The number of hydrazone groups is 1. The molecule has 1 heterocycles.